The fourth-order valence-electron chi connectivity index (χ4n) is 1.93. The maximum absolute atomic E-state index is 12.1. The lowest BCUT2D eigenvalue weighted by Crippen LogP contribution is -2.15. The molecule has 0 saturated heterocycles. The van der Waals surface area contributed by atoms with Gasteiger partial charge in [-0.05, 0) is 5.56 Å². The van der Waals surface area contributed by atoms with Crippen molar-refractivity contribution in [3.05, 3.63) is 58.0 Å². The Kier molecular flexibility index (Phi) is 5.54. The second kappa shape index (κ2) is 7.82. The van der Waals surface area contributed by atoms with E-state index in [-0.39, 0.29) is 11.3 Å². The number of thioether (sulfide) groups is 2. The minimum absolute atomic E-state index is 0.0120. The summed E-state index contributed by atoms with van der Waals surface area (Å²) in [5.41, 5.74) is 1.52. The summed E-state index contributed by atoms with van der Waals surface area (Å²) < 4.78 is 2.07. The topological polar surface area (TPSA) is 84.6 Å². The highest BCUT2D eigenvalue weighted by molar-refractivity contribution is 8.00. The number of carboxylic acids is 1. The first-order valence-electron chi connectivity index (χ1n) is 6.98. The van der Waals surface area contributed by atoms with Crippen LogP contribution in [0.2, 0.25) is 0 Å². The number of hydrogen-bond donors (Lipinski definition) is 1. The van der Waals surface area contributed by atoms with E-state index in [0.29, 0.717) is 16.4 Å². The Morgan fingerprint density at radius 1 is 1.25 bits per heavy atom. The molecule has 1 aromatic carbocycles. The highest BCUT2D eigenvalue weighted by Crippen LogP contribution is 2.26. The van der Waals surface area contributed by atoms with Gasteiger partial charge in [-0.25, -0.2) is 4.98 Å². The summed E-state index contributed by atoms with van der Waals surface area (Å²) in [4.78, 5) is 27.6. The second-order valence-corrected chi connectivity index (χ2v) is 7.97. The van der Waals surface area contributed by atoms with Crippen molar-refractivity contribution < 1.29 is 9.90 Å². The Hall–Kier alpha value is -1.84. The van der Waals surface area contributed by atoms with Crippen LogP contribution in [0.3, 0.4) is 0 Å². The van der Waals surface area contributed by atoms with Crippen molar-refractivity contribution in [1.82, 2.24) is 14.6 Å². The van der Waals surface area contributed by atoms with Crippen LogP contribution in [0.5, 0.6) is 0 Å². The van der Waals surface area contributed by atoms with Gasteiger partial charge in [-0.3, -0.25) is 9.59 Å². The van der Waals surface area contributed by atoms with Gasteiger partial charge in [0.25, 0.3) is 5.56 Å². The van der Waals surface area contributed by atoms with Crippen LogP contribution >= 0.6 is 34.9 Å². The van der Waals surface area contributed by atoms with Crippen molar-refractivity contribution in [3.8, 4) is 0 Å². The molecule has 1 N–H and O–H groups in total. The monoisotopic (exact) mass is 379 g/mol. The number of hydrogen-bond acceptors (Lipinski definition) is 7. The summed E-state index contributed by atoms with van der Waals surface area (Å²) in [6, 6.07) is 11.4. The van der Waals surface area contributed by atoms with Gasteiger partial charge in [0.1, 0.15) is 0 Å². The smallest absolute Gasteiger partial charge is 0.313 e. The van der Waals surface area contributed by atoms with E-state index in [4.69, 9.17) is 5.11 Å². The van der Waals surface area contributed by atoms with Gasteiger partial charge in [0, 0.05) is 17.6 Å². The second-order valence-electron chi connectivity index (χ2n) is 4.81. The number of nitrogens with zero attached hydrogens (tertiary/aromatic N) is 3. The van der Waals surface area contributed by atoms with Gasteiger partial charge < -0.3 is 5.11 Å². The SMILES string of the molecule is O=C(O)CSCc1cc(=O)n2nc(SCc3ccccc3)sc2n1. The van der Waals surface area contributed by atoms with Crippen molar-refractivity contribution in [1.29, 1.82) is 0 Å². The first-order valence-corrected chi connectivity index (χ1v) is 9.93. The average Bonchev–Trinajstić information content (AvgIpc) is 2.97. The van der Waals surface area contributed by atoms with E-state index in [1.807, 2.05) is 30.3 Å². The molecule has 0 radical (unpaired) electrons. The number of carboxylic acid groups (broad SMARTS) is 1. The first kappa shape index (κ1) is 17.0. The zero-order valence-corrected chi connectivity index (χ0v) is 14.9. The predicted octanol–water partition coefficient (Wildman–Crippen LogP) is 2.76. The van der Waals surface area contributed by atoms with Gasteiger partial charge in [0.15, 0.2) is 4.34 Å². The van der Waals surface area contributed by atoms with Crippen molar-refractivity contribution in [2.75, 3.05) is 5.75 Å². The molecule has 0 atom stereocenters. The molecular weight excluding hydrogens is 366 g/mol. The summed E-state index contributed by atoms with van der Waals surface area (Å²) in [5, 5.41) is 13.0. The molecule has 0 fully saturated rings. The van der Waals surface area contributed by atoms with Gasteiger partial charge in [0.05, 0.1) is 11.4 Å². The Bertz CT molecular complexity index is 908. The Morgan fingerprint density at radius 2 is 2.04 bits per heavy atom. The average molecular weight is 379 g/mol. The van der Waals surface area contributed by atoms with Crippen LogP contribution in [0.25, 0.3) is 4.96 Å². The van der Waals surface area contributed by atoms with Gasteiger partial charge >= 0.3 is 5.97 Å². The molecular formula is C15H13N3O3S3. The molecule has 0 aliphatic rings. The third-order valence-corrected chi connectivity index (χ3v) is 6.02. The van der Waals surface area contributed by atoms with Gasteiger partial charge in [-0.2, -0.15) is 4.52 Å². The summed E-state index contributed by atoms with van der Waals surface area (Å²) in [7, 11) is 0. The highest BCUT2D eigenvalue weighted by Gasteiger charge is 2.10. The fourth-order valence-corrected chi connectivity index (χ4v) is 4.48. The van der Waals surface area contributed by atoms with Crippen LogP contribution in [0.15, 0.2) is 45.5 Å². The van der Waals surface area contributed by atoms with Crippen LogP contribution < -0.4 is 5.56 Å². The van der Waals surface area contributed by atoms with Crippen molar-refractivity contribution in [3.63, 3.8) is 0 Å². The Labute approximate surface area is 149 Å². The molecule has 6 nitrogen and oxygen atoms in total. The van der Waals surface area contributed by atoms with Crippen LogP contribution in [0, 0.1) is 0 Å². The fraction of sp³-hybridized carbons (Fsp3) is 0.200. The van der Waals surface area contributed by atoms with E-state index >= 15 is 0 Å². The molecule has 0 bridgehead atoms. The molecule has 3 aromatic rings. The molecule has 24 heavy (non-hydrogen) atoms. The van der Waals surface area contributed by atoms with E-state index in [1.165, 1.54) is 39.2 Å². The highest BCUT2D eigenvalue weighted by atomic mass is 32.2. The number of carbonyl (C=O) groups is 1. The number of fused-ring (bicyclic) bond motifs is 1. The van der Waals surface area contributed by atoms with E-state index in [2.05, 4.69) is 10.1 Å². The molecule has 0 unspecified atom stereocenters. The van der Waals surface area contributed by atoms with Crippen LogP contribution in [0.4, 0.5) is 0 Å². The lowest BCUT2D eigenvalue weighted by Gasteiger charge is -1.98. The van der Waals surface area contributed by atoms with E-state index < -0.39 is 5.97 Å². The van der Waals surface area contributed by atoms with E-state index in [0.717, 1.165) is 10.1 Å². The van der Waals surface area contributed by atoms with E-state index in [1.54, 1.807) is 11.8 Å². The zero-order chi connectivity index (χ0) is 16.9. The number of aromatic nitrogens is 3. The Morgan fingerprint density at radius 3 is 2.79 bits per heavy atom. The first-order chi connectivity index (χ1) is 11.6. The van der Waals surface area contributed by atoms with E-state index in [9.17, 15) is 9.59 Å². The molecule has 124 valence electrons. The van der Waals surface area contributed by atoms with Crippen LogP contribution in [-0.4, -0.2) is 31.4 Å². The van der Waals surface area contributed by atoms with Crippen LogP contribution in [-0.2, 0) is 16.3 Å². The number of rotatable bonds is 7. The number of aliphatic carboxylic acids is 1. The third kappa shape index (κ3) is 4.37. The van der Waals surface area contributed by atoms with Crippen molar-refractivity contribution in [2.24, 2.45) is 0 Å². The van der Waals surface area contributed by atoms with Gasteiger partial charge in [-0.15, -0.1) is 16.9 Å². The van der Waals surface area contributed by atoms with Gasteiger partial charge in [0.2, 0.25) is 4.96 Å². The molecule has 2 heterocycles. The van der Waals surface area contributed by atoms with Crippen molar-refractivity contribution in [2.45, 2.75) is 15.8 Å². The minimum Gasteiger partial charge on any atom is -0.481 e. The zero-order valence-electron chi connectivity index (χ0n) is 12.4. The lowest BCUT2D eigenvalue weighted by atomic mass is 10.2. The molecule has 0 amide bonds. The predicted molar refractivity (Wildman–Crippen MR) is 96.9 cm³/mol. The lowest BCUT2D eigenvalue weighted by molar-refractivity contribution is -0.133. The number of benzene rings is 1. The maximum Gasteiger partial charge on any atom is 0.313 e. The molecule has 0 aliphatic heterocycles. The summed E-state index contributed by atoms with van der Waals surface area (Å²) >= 11 is 4.14. The maximum atomic E-state index is 12.1. The summed E-state index contributed by atoms with van der Waals surface area (Å²) in [6.07, 6.45) is 0. The normalized spacial score (nSPS) is 11.0. The quantitative estimate of drug-likeness (QED) is 0.632. The summed E-state index contributed by atoms with van der Waals surface area (Å²) in [5.74, 6) is 0.274. The molecule has 0 saturated carbocycles. The largest absolute Gasteiger partial charge is 0.481 e. The Balaban J connectivity index is 1.74. The minimum atomic E-state index is -0.879. The molecule has 2 aromatic heterocycles. The molecule has 3 rings (SSSR count). The standard InChI is InChI=1S/C15H13N3O3S3/c19-12-6-11(8-22-9-13(20)21)16-14-18(12)17-15(24-14)23-7-10-4-2-1-3-5-10/h1-6H,7-9H2,(H,20,21). The molecule has 0 spiro atoms. The van der Waals surface area contributed by atoms with Crippen LogP contribution in [0.1, 0.15) is 11.3 Å². The molecule has 0 aliphatic carbocycles. The van der Waals surface area contributed by atoms with Crippen molar-refractivity contribution >= 4 is 45.8 Å². The van der Waals surface area contributed by atoms with Gasteiger partial charge in [-0.1, -0.05) is 53.4 Å². The third-order valence-electron chi connectivity index (χ3n) is 2.96. The summed E-state index contributed by atoms with van der Waals surface area (Å²) in [6.45, 7) is 0. The molecule has 9 heteroatoms.